The first-order valence-electron chi connectivity index (χ1n) is 8.43. The number of hydrogen-bond acceptors (Lipinski definition) is 5. The van der Waals surface area contributed by atoms with Crippen molar-refractivity contribution in [3.05, 3.63) is 53.7 Å². The van der Waals surface area contributed by atoms with E-state index in [1.807, 2.05) is 0 Å². The minimum absolute atomic E-state index is 0. The quantitative estimate of drug-likeness (QED) is 0.781. The van der Waals surface area contributed by atoms with Crippen molar-refractivity contribution >= 4 is 17.8 Å². The molecule has 1 atom stereocenters. The highest BCUT2D eigenvalue weighted by atomic mass is 19.1. The van der Waals surface area contributed by atoms with Crippen molar-refractivity contribution < 1.29 is 27.0 Å². The van der Waals surface area contributed by atoms with E-state index >= 15 is 0 Å². The Morgan fingerprint density at radius 1 is 1.15 bits per heavy atom. The number of hydrogen-bond donors (Lipinski definition) is 2. The largest absolute Gasteiger partial charge is 0.478 e. The minimum Gasteiger partial charge on any atom is -0.478 e. The van der Waals surface area contributed by atoms with Crippen molar-refractivity contribution in [2.45, 2.75) is 32.7 Å². The van der Waals surface area contributed by atoms with Crippen LogP contribution in [0.1, 0.15) is 50.8 Å². The van der Waals surface area contributed by atoms with Crippen molar-refractivity contribution in [3.8, 4) is 0 Å². The summed E-state index contributed by atoms with van der Waals surface area (Å²) in [4.78, 5) is 30.9. The Hall–Kier alpha value is -3.03. The lowest BCUT2D eigenvalue weighted by atomic mass is 9.97. The maximum atomic E-state index is 12.3. The van der Waals surface area contributed by atoms with Gasteiger partial charge in [0, 0.05) is 27.3 Å². The molecule has 1 saturated heterocycles. The van der Waals surface area contributed by atoms with Gasteiger partial charge in [-0.1, -0.05) is 6.92 Å². The molecule has 0 amide bonds. The van der Waals surface area contributed by atoms with Gasteiger partial charge in [0.25, 0.3) is 0 Å². The van der Waals surface area contributed by atoms with Crippen LogP contribution in [0.3, 0.4) is 0 Å². The average Bonchev–Trinajstić information content (AvgIpc) is 2.87. The number of aromatic nitrogens is 2. The first-order valence-corrected chi connectivity index (χ1v) is 8.43. The van der Waals surface area contributed by atoms with Crippen LogP contribution in [0.25, 0.3) is 0 Å². The second-order valence-electron chi connectivity index (χ2n) is 7.06. The fourth-order valence-electron chi connectivity index (χ4n) is 3.28. The van der Waals surface area contributed by atoms with Gasteiger partial charge in [-0.25, -0.2) is 19.6 Å². The number of aromatic carboxylic acids is 2. The number of nitrogens with zero attached hydrogens (tertiary/aromatic N) is 3. The summed E-state index contributed by atoms with van der Waals surface area (Å²) in [6.45, 7) is 7.32. The zero-order valence-corrected chi connectivity index (χ0v) is 15.4. The lowest BCUT2D eigenvalue weighted by Crippen LogP contribution is -2.39. The molecule has 148 valence electrons. The molecule has 3 rings (SSSR count). The SMILES string of the molecule is C[C@@H]1CN(c2ncccc2C(=O)O)C(C)(C)C1.O=C(O)c1cccnc1F.[HH].[HH]. The van der Waals surface area contributed by atoms with E-state index in [0.717, 1.165) is 19.0 Å². The van der Waals surface area contributed by atoms with Crippen LogP contribution in [0, 0.1) is 11.9 Å². The number of halogens is 1. The van der Waals surface area contributed by atoms with E-state index in [1.165, 1.54) is 12.3 Å². The molecule has 1 aliphatic rings. The van der Waals surface area contributed by atoms with Crippen molar-refractivity contribution in [1.29, 1.82) is 0 Å². The van der Waals surface area contributed by atoms with Crippen LogP contribution < -0.4 is 4.90 Å². The third kappa shape index (κ3) is 4.78. The van der Waals surface area contributed by atoms with Gasteiger partial charge in [-0.3, -0.25) is 0 Å². The van der Waals surface area contributed by atoms with Gasteiger partial charge in [-0.15, -0.1) is 0 Å². The van der Waals surface area contributed by atoms with Crippen molar-refractivity contribution in [1.82, 2.24) is 9.97 Å². The van der Waals surface area contributed by atoms with Crippen LogP contribution in [-0.4, -0.2) is 44.2 Å². The number of carboxylic acid groups (broad SMARTS) is 2. The Bertz CT molecular complexity index is 852. The van der Waals surface area contributed by atoms with Crippen LogP contribution in [-0.2, 0) is 0 Å². The summed E-state index contributed by atoms with van der Waals surface area (Å²) in [6, 6.07) is 5.81. The van der Waals surface area contributed by atoms with Crippen molar-refractivity contribution in [3.63, 3.8) is 0 Å². The summed E-state index contributed by atoms with van der Waals surface area (Å²) in [7, 11) is 0. The zero-order valence-electron chi connectivity index (χ0n) is 15.4. The molecule has 2 aromatic heterocycles. The van der Waals surface area contributed by atoms with Gasteiger partial charge in [-0.2, -0.15) is 4.39 Å². The monoisotopic (exact) mass is 379 g/mol. The molecule has 0 aliphatic carbocycles. The minimum atomic E-state index is -1.30. The van der Waals surface area contributed by atoms with Crippen LogP contribution in [0.2, 0.25) is 0 Å². The van der Waals surface area contributed by atoms with Gasteiger partial charge in [-0.05, 0) is 50.5 Å². The number of anilines is 1. The lowest BCUT2D eigenvalue weighted by Gasteiger charge is -2.33. The van der Waals surface area contributed by atoms with E-state index in [9.17, 15) is 19.1 Å². The van der Waals surface area contributed by atoms with E-state index in [2.05, 4.69) is 35.6 Å². The molecular weight excluding hydrogens is 353 g/mol. The molecule has 0 bridgehead atoms. The third-order valence-corrected chi connectivity index (χ3v) is 4.34. The van der Waals surface area contributed by atoms with Crippen LogP contribution in [0.15, 0.2) is 36.7 Å². The summed E-state index contributed by atoms with van der Waals surface area (Å²) in [6.07, 6.45) is 3.91. The molecule has 3 heterocycles. The van der Waals surface area contributed by atoms with E-state index < -0.39 is 23.4 Å². The second-order valence-corrected chi connectivity index (χ2v) is 7.06. The molecule has 0 unspecified atom stereocenters. The molecular formula is C19H26FN3O4. The predicted molar refractivity (Wildman–Crippen MR) is 102 cm³/mol. The first-order chi connectivity index (χ1) is 12.6. The molecule has 0 aromatic carbocycles. The van der Waals surface area contributed by atoms with E-state index in [-0.39, 0.29) is 14.0 Å². The number of pyridine rings is 2. The van der Waals surface area contributed by atoms with E-state index in [4.69, 9.17) is 5.11 Å². The normalized spacial score (nSPS) is 17.8. The van der Waals surface area contributed by atoms with Gasteiger partial charge >= 0.3 is 11.9 Å². The smallest absolute Gasteiger partial charge is 0.340 e. The first kappa shape index (κ1) is 20.3. The summed E-state index contributed by atoms with van der Waals surface area (Å²) >= 11 is 0. The molecule has 0 saturated carbocycles. The molecule has 1 aliphatic heterocycles. The Kier molecular flexibility index (Phi) is 6.09. The van der Waals surface area contributed by atoms with Gasteiger partial charge in [0.05, 0.1) is 0 Å². The fraction of sp³-hybridized carbons (Fsp3) is 0.368. The Labute approximate surface area is 159 Å². The van der Waals surface area contributed by atoms with Gasteiger partial charge in [0.1, 0.15) is 16.9 Å². The van der Waals surface area contributed by atoms with Crippen LogP contribution >= 0.6 is 0 Å². The maximum Gasteiger partial charge on any atom is 0.340 e. The highest BCUT2D eigenvalue weighted by Crippen LogP contribution is 2.36. The highest BCUT2D eigenvalue weighted by molar-refractivity contribution is 5.93. The highest BCUT2D eigenvalue weighted by Gasteiger charge is 2.38. The lowest BCUT2D eigenvalue weighted by molar-refractivity contribution is 0.0682. The number of rotatable bonds is 3. The summed E-state index contributed by atoms with van der Waals surface area (Å²) < 4.78 is 12.3. The number of carboxylic acids is 2. The Morgan fingerprint density at radius 2 is 1.70 bits per heavy atom. The standard InChI is InChI=1S/C13H18N2O2.C6H4FNO2.2H2/c1-9-7-13(2,3)15(8-9)11-10(12(16)17)5-4-6-14-11;7-5-4(6(9)10)2-1-3-8-5;;/h4-6,9H,7-8H2,1-3H3,(H,16,17);1-3H,(H,9,10);2*1H/t9-;;;/m0.../s1. The zero-order chi connectivity index (χ0) is 20.2. The maximum absolute atomic E-state index is 12.3. The van der Waals surface area contributed by atoms with Gasteiger partial charge < -0.3 is 15.1 Å². The number of carbonyl (C=O) groups is 2. The summed E-state index contributed by atoms with van der Waals surface area (Å²) in [5.74, 6) is -2.01. The fourth-order valence-corrected chi connectivity index (χ4v) is 3.28. The van der Waals surface area contributed by atoms with Crippen LogP contribution in [0.5, 0.6) is 0 Å². The molecule has 7 nitrogen and oxygen atoms in total. The molecule has 2 aromatic rings. The Balaban J connectivity index is 0.000000567. The van der Waals surface area contributed by atoms with Gasteiger partial charge in [0.2, 0.25) is 5.95 Å². The van der Waals surface area contributed by atoms with E-state index in [1.54, 1.807) is 18.3 Å². The summed E-state index contributed by atoms with van der Waals surface area (Å²) in [5, 5.41) is 17.5. The third-order valence-electron chi connectivity index (χ3n) is 4.34. The topological polar surface area (TPSA) is 104 Å². The molecule has 1 fully saturated rings. The van der Waals surface area contributed by atoms with Crippen molar-refractivity contribution in [2.75, 3.05) is 11.4 Å². The molecule has 27 heavy (non-hydrogen) atoms. The van der Waals surface area contributed by atoms with Crippen LogP contribution in [0.4, 0.5) is 10.2 Å². The van der Waals surface area contributed by atoms with Crippen molar-refractivity contribution in [2.24, 2.45) is 5.92 Å². The predicted octanol–water partition coefficient (Wildman–Crippen LogP) is 3.82. The average molecular weight is 379 g/mol. The van der Waals surface area contributed by atoms with Gasteiger partial charge in [0.15, 0.2) is 0 Å². The molecule has 2 N–H and O–H groups in total. The second kappa shape index (κ2) is 8.11. The molecule has 0 radical (unpaired) electrons. The summed E-state index contributed by atoms with van der Waals surface area (Å²) in [5.41, 5.74) is -0.144. The van der Waals surface area contributed by atoms with E-state index in [0.29, 0.717) is 11.7 Å². The molecule has 0 spiro atoms. The Morgan fingerprint density at radius 3 is 2.15 bits per heavy atom. The molecule has 8 heteroatoms.